The van der Waals surface area contributed by atoms with Crippen molar-refractivity contribution >= 4 is 75.5 Å². The molecule has 2 aliphatic rings. The fourth-order valence-electron chi connectivity index (χ4n) is 2.03. The van der Waals surface area contributed by atoms with Crippen LogP contribution < -0.4 is 10.6 Å². The molecule has 2 N–H and O–H groups in total. The van der Waals surface area contributed by atoms with E-state index in [0.29, 0.717) is 13.1 Å². The first-order valence-corrected chi connectivity index (χ1v) is 9.46. The Kier molecular flexibility index (Phi) is 4.48. The zero-order valence-corrected chi connectivity index (χ0v) is 17.5. The van der Waals surface area contributed by atoms with Gasteiger partial charge in [0.1, 0.15) is 0 Å². The van der Waals surface area contributed by atoms with Gasteiger partial charge in [-0.05, 0) is 26.7 Å². The van der Waals surface area contributed by atoms with Crippen LogP contribution >= 0.6 is 63.7 Å². The highest BCUT2D eigenvalue weighted by atomic mass is 79.9. The average Bonchev–Trinajstić information content (AvgIpc) is 3.04. The molecule has 4 nitrogen and oxygen atoms in total. The fourth-order valence-corrected chi connectivity index (χ4v) is 5.00. The van der Waals surface area contributed by atoms with Gasteiger partial charge in [0.25, 0.3) is 0 Å². The number of nitrogens with one attached hydrogen (secondary N) is 2. The molecule has 0 aromatic carbocycles. The van der Waals surface area contributed by atoms with Crippen molar-refractivity contribution in [3.05, 3.63) is 0 Å². The summed E-state index contributed by atoms with van der Waals surface area (Å²) >= 11 is 13.9. The maximum Gasteiger partial charge on any atom is 0.228 e. The van der Waals surface area contributed by atoms with Crippen LogP contribution in [0.2, 0.25) is 0 Å². The summed E-state index contributed by atoms with van der Waals surface area (Å²) in [6, 6.07) is 0. The van der Waals surface area contributed by atoms with E-state index in [-0.39, 0.29) is 18.3 Å². The standard InChI is InChI=1S/C12H16Br4N2O2/c1-9(5-11(9,13)14)7(19)17-3-4-18-8(20)10(2)6-12(10,15)16/h3-6H2,1-2H3,(H,17,19)(H,18,20). The third kappa shape index (κ3) is 2.86. The summed E-state index contributed by atoms with van der Waals surface area (Å²) in [5, 5.41) is 5.70. The normalized spacial score (nSPS) is 36.1. The van der Waals surface area contributed by atoms with Gasteiger partial charge in [0.15, 0.2) is 0 Å². The highest BCUT2D eigenvalue weighted by Crippen LogP contribution is 2.67. The van der Waals surface area contributed by atoms with E-state index in [0.717, 1.165) is 12.8 Å². The Morgan fingerprint density at radius 3 is 1.30 bits per heavy atom. The van der Waals surface area contributed by atoms with Crippen LogP contribution in [0, 0.1) is 10.8 Å². The van der Waals surface area contributed by atoms with Crippen LogP contribution in [0.5, 0.6) is 0 Å². The molecule has 2 fully saturated rings. The summed E-state index contributed by atoms with van der Waals surface area (Å²) in [6.45, 7) is 4.67. The Morgan fingerprint density at radius 2 is 1.10 bits per heavy atom. The van der Waals surface area contributed by atoms with Gasteiger partial charge in [0.05, 0.1) is 17.3 Å². The zero-order chi connectivity index (χ0) is 15.4. The van der Waals surface area contributed by atoms with Gasteiger partial charge in [0, 0.05) is 13.1 Å². The molecule has 0 bridgehead atoms. The fraction of sp³-hybridized carbons (Fsp3) is 0.833. The van der Waals surface area contributed by atoms with Crippen molar-refractivity contribution in [1.29, 1.82) is 0 Å². The van der Waals surface area contributed by atoms with E-state index in [1.54, 1.807) is 0 Å². The lowest BCUT2D eigenvalue weighted by Gasteiger charge is -2.15. The van der Waals surface area contributed by atoms with Gasteiger partial charge < -0.3 is 10.6 Å². The second kappa shape index (κ2) is 5.20. The van der Waals surface area contributed by atoms with Crippen LogP contribution in [-0.4, -0.2) is 31.4 Å². The van der Waals surface area contributed by atoms with E-state index in [4.69, 9.17) is 0 Å². The summed E-state index contributed by atoms with van der Waals surface area (Å²) in [5.41, 5.74) is -0.833. The third-order valence-electron chi connectivity index (χ3n) is 4.21. The maximum atomic E-state index is 12.0. The molecule has 8 heteroatoms. The molecule has 0 heterocycles. The van der Waals surface area contributed by atoms with Crippen LogP contribution in [0.1, 0.15) is 26.7 Å². The van der Waals surface area contributed by atoms with E-state index in [1.807, 2.05) is 13.8 Å². The molecule has 0 radical (unpaired) electrons. The molecule has 0 aromatic rings. The molecule has 2 amide bonds. The number of hydrogen-bond acceptors (Lipinski definition) is 2. The first-order valence-electron chi connectivity index (χ1n) is 6.29. The van der Waals surface area contributed by atoms with Crippen LogP contribution in [0.15, 0.2) is 0 Å². The Labute approximate surface area is 152 Å². The first kappa shape index (κ1) is 17.2. The molecule has 0 spiro atoms. The Morgan fingerprint density at radius 1 is 0.850 bits per heavy atom. The predicted octanol–water partition coefficient (Wildman–Crippen LogP) is 3.01. The minimum atomic E-state index is -0.416. The topological polar surface area (TPSA) is 58.2 Å². The molecular formula is C12H16Br4N2O2. The number of amides is 2. The van der Waals surface area contributed by atoms with Crippen LogP contribution in [-0.2, 0) is 9.59 Å². The van der Waals surface area contributed by atoms with Gasteiger partial charge in [-0.3, -0.25) is 9.59 Å². The van der Waals surface area contributed by atoms with Crippen molar-refractivity contribution < 1.29 is 9.59 Å². The van der Waals surface area contributed by atoms with Gasteiger partial charge >= 0.3 is 0 Å². The van der Waals surface area contributed by atoms with E-state index in [1.165, 1.54) is 0 Å². The zero-order valence-electron chi connectivity index (χ0n) is 11.2. The summed E-state index contributed by atoms with van der Waals surface area (Å²) < 4.78 is -0.569. The SMILES string of the molecule is CC1(C(=O)NCCNC(=O)C2(C)CC2(Br)Br)CC1(Br)Br. The molecule has 2 saturated carbocycles. The molecule has 2 rings (SSSR count). The maximum absolute atomic E-state index is 12.0. The third-order valence-corrected chi connectivity index (χ3v) is 8.84. The summed E-state index contributed by atoms with van der Waals surface area (Å²) in [4.78, 5) is 24.0. The number of halogens is 4. The molecule has 0 saturated heterocycles. The molecule has 0 aliphatic heterocycles. The molecule has 20 heavy (non-hydrogen) atoms. The molecule has 0 aromatic heterocycles. The van der Waals surface area contributed by atoms with E-state index in [2.05, 4.69) is 74.4 Å². The summed E-state index contributed by atoms with van der Waals surface area (Å²) in [5.74, 6) is -0.0121. The second-order valence-electron chi connectivity index (χ2n) is 5.94. The highest BCUT2D eigenvalue weighted by molar-refractivity contribution is 9.26. The lowest BCUT2D eigenvalue weighted by molar-refractivity contribution is -0.127. The number of hydrogen-bond donors (Lipinski definition) is 2. The van der Waals surface area contributed by atoms with Gasteiger partial charge in [-0.2, -0.15) is 0 Å². The number of alkyl halides is 4. The number of carbonyl (C=O) groups excluding carboxylic acids is 2. The summed E-state index contributed by atoms with van der Waals surface area (Å²) in [7, 11) is 0. The Balaban J connectivity index is 1.68. The van der Waals surface area contributed by atoms with Crippen molar-refractivity contribution in [2.24, 2.45) is 10.8 Å². The lowest BCUT2D eigenvalue weighted by atomic mass is 10.1. The van der Waals surface area contributed by atoms with Crippen molar-refractivity contribution in [1.82, 2.24) is 10.6 Å². The second-order valence-corrected chi connectivity index (χ2v) is 13.5. The van der Waals surface area contributed by atoms with Crippen LogP contribution in [0.25, 0.3) is 0 Å². The number of rotatable bonds is 5. The van der Waals surface area contributed by atoms with Gasteiger partial charge in [0.2, 0.25) is 11.8 Å². The van der Waals surface area contributed by atoms with Crippen LogP contribution in [0.4, 0.5) is 0 Å². The van der Waals surface area contributed by atoms with E-state index >= 15 is 0 Å². The van der Waals surface area contributed by atoms with Gasteiger partial charge in [-0.15, -0.1) is 0 Å². The molecule has 114 valence electrons. The Hall–Kier alpha value is 0.860. The summed E-state index contributed by atoms with van der Waals surface area (Å²) in [6.07, 6.45) is 1.51. The molecular weight excluding hydrogens is 524 g/mol. The van der Waals surface area contributed by atoms with Crippen LogP contribution in [0.3, 0.4) is 0 Å². The van der Waals surface area contributed by atoms with Crippen molar-refractivity contribution in [3.8, 4) is 0 Å². The van der Waals surface area contributed by atoms with E-state index < -0.39 is 10.8 Å². The highest BCUT2D eigenvalue weighted by Gasteiger charge is 2.67. The average molecular weight is 540 g/mol. The first-order chi connectivity index (χ1) is 8.96. The molecule has 2 unspecified atom stereocenters. The Bertz CT molecular complexity index is 426. The largest absolute Gasteiger partial charge is 0.354 e. The predicted molar refractivity (Wildman–Crippen MR) is 92.6 cm³/mol. The molecule has 2 atom stereocenters. The minimum Gasteiger partial charge on any atom is -0.354 e. The monoisotopic (exact) mass is 536 g/mol. The smallest absolute Gasteiger partial charge is 0.228 e. The van der Waals surface area contributed by atoms with Crippen molar-refractivity contribution in [3.63, 3.8) is 0 Å². The van der Waals surface area contributed by atoms with Crippen molar-refractivity contribution in [2.45, 2.75) is 33.2 Å². The minimum absolute atomic E-state index is 0.00605. The number of carbonyl (C=O) groups is 2. The quantitative estimate of drug-likeness (QED) is 0.417. The van der Waals surface area contributed by atoms with E-state index in [9.17, 15) is 9.59 Å². The van der Waals surface area contributed by atoms with Gasteiger partial charge in [-0.1, -0.05) is 63.7 Å². The lowest BCUT2D eigenvalue weighted by Crippen LogP contribution is -2.41. The van der Waals surface area contributed by atoms with Crippen molar-refractivity contribution in [2.75, 3.05) is 13.1 Å². The van der Waals surface area contributed by atoms with Gasteiger partial charge in [-0.25, -0.2) is 0 Å². The molecule has 2 aliphatic carbocycles.